The minimum absolute atomic E-state index is 0.162. The fourth-order valence-electron chi connectivity index (χ4n) is 2.87. The van der Waals surface area contributed by atoms with E-state index in [0.29, 0.717) is 13.0 Å². The second-order valence-electron chi connectivity index (χ2n) is 7.67. The maximum atomic E-state index is 12.7. The molecule has 0 aliphatic carbocycles. The Bertz CT molecular complexity index is 669. The van der Waals surface area contributed by atoms with Crippen LogP contribution in [0.4, 0.5) is 4.79 Å². The van der Waals surface area contributed by atoms with Crippen LogP contribution >= 0.6 is 0 Å². The number of hydrogen-bond acceptors (Lipinski definition) is 5. The lowest BCUT2D eigenvalue weighted by Crippen LogP contribution is -2.49. The molecule has 0 saturated carbocycles. The van der Waals surface area contributed by atoms with Crippen molar-refractivity contribution in [1.29, 1.82) is 0 Å². The molecule has 2 rings (SSSR count). The molecule has 1 atom stereocenters. The van der Waals surface area contributed by atoms with E-state index in [2.05, 4.69) is 0 Å². The summed E-state index contributed by atoms with van der Waals surface area (Å²) in [6.45, 7) is 5.82. The summed E-state index contributed by atoms with van der Waals surface area (Å²) in [4.78, 5) is 39.8. The van der Waals surface area contributed by atoms with Crippen LogP contribution in [0.15, 0.2) is 30.3 Å². The third kappa shape index (κ3) is 6.27. The third-order valence-electron chi connectivity index (χ3n) is 4.15. The zero-order chi connectivity index (χ0) is 20.0. The number of carbonyl (C=O) groups excluding carboxylic acids is 3. The van der Waals surface area contributed by atoms with Gasteiger partial charge in [-0.05, 0) is 39.2 Å². The minimum Gasteiger partial charge on any atom is -0.459 e. The largest absolute Gasteiger partial charge is 0.459 e. The highest BCUT2D eigenvalue weighted by Gasteiger charge is 2.38. The van der Waals surface area contributed by atoms with Crippen LogP contribution in [0.5, 0.6) is 0 Å². The van der Waals surface area contributed by atoms with Gasteiger partial charge in [0.2, 0.25) is 5.91 Å². The number of nitrogens with zero attached hydrogens (tertiary/aromatic N) is 2. The quantitative estimate of drug-likeness (QED) is 0.739. The van der Waals surface area contributed by atoms with Gasteiger partial charge in [-0.2, -0.15) is 0 Å². The number of rotatable bonds is 5. The van der Waals surface area contributed by atoms with Crippen molar-refractivity contribution in [2.75, 3.05) is 20.1 Å². The Morgan fingerprint density at radius 1 is 1.19 bits per heavy atom. The molecule has 1 saturated heterocycles. The SMILES string of the molecule is CN(CC(=O)OCc1ccccc1)C(=O)[C@@H]1CCCN1C(=O)OC(C)(C)C. The monoisotopic (exact) mass is 376 g/mol. The number of esters is 1. The molecule has 1 heterocycles. The first kappa shape index (κ1) is 20.7. The summed E-state index contributed by atoms with van der Waals surface area (Å²) in [6.07, 6.45) is 0.780. The molecule has 148 valence electrons. The Labute approximate surface area is 160 Å². The molecule has 1 fully saturated rings. The summed E-state index contributed by atoms with van der Waals surface area (Å²) in [5, 5.41) is 0. The van der Waals surface area contributed by atoms with E-state index in [0.717, 1.165) is 12.0 Å². The van der Waals surface area contributed by atoms with E-state index >= 15 is 0 Å². The molecule has 7 nitrogen and oxygen atoms in total. The van der Waals surface area contributed by atoms with E-state index < -0.39 is 23.7 Å². The molecule has 0 spiro atoms. The number of benzene rings is 1. The Balaban J connectivity index is 1.87. The van der Waals surface area contributed by atoms with Gasteiger partial charge < -0.3 is 14.4 Å². The van der Waals surface area contributed by atoms with E-state index in [1.165, 1.54) is 16.8 Å². The number of likely N-dealkylation sites (N-methyl/N-ethyl adjacent to an activating group) is 1. The van der Waals surface area contributed by atoms with Crippen LogP contribution in [0, 0.1) is 0 Å². The molecular weight excluding hydrogens is 348 g/mol. The summed E-state index contributed by atoms with van der Waals surface area (Å²) >= 11 is 0. The second-order valence-corrected chi connectivity index (χ2v) is 7.67. The Morgan fingerprint density at radius 2 is 1.85 bits per heavy atom. The fraction of sp³-hybridized carbons (Fsp3) is 0.550. The Morgan fingerprint density at radius 3 is 2.48 bits per heavy atom. The van der Waals surface area contributed by atoms with Gasteiger partial charge in [-0.25, -0.2) is 4.79 Å². The zero-order valence-electron chi connectivity index (χ0n) is 16.4. The van der Waals surface area contributed by atoms with Crippen molar-refractivity contribution in [3.8, 4) is 0 Å². The van der Waals surface area contributed by atoms with Gasteiger partial charge in [0.05, 0.1) is 0 Å². The number of carbonyl (C=O) groups is 3. The predicted octanol–water partition coefficient (Wildman–Crippen LogP) is 2.59. The van der Waals surface area contributed by atoms with E-state index in [-0.39, 0.29) is 19.1 Å². The highest BCUT2D eigenvalue weighted by molar-refractivity contribution is 5.88. The van der Waals surface area contributed by atoms with Gasteiger partial charge >= 0.3 is 12.1 Å². The van der Waals surface area contributed by atoms with E-state index in [9.17, 15) is 14.4 Å². The second kappa shape index (κ2) is 8.88. The highest BCUT2D eigenvalue weighted by Crippen LogP contribution is 2.22. The first-order chi connectivity index (χ1) is 12.7. The molecule has 1 aliphatic rings. The smallest absolute Gasteiger partial charge is 0.410 e. The first-order valence-corrected chi connectivity index (χ1v) is 9.11. The van der Waals surface area contributed by atoms with Crippen molar-refractivity contribution in [2.45, 2.75) is 51.9 Å². The number of hydrogen-bond donors (Lipinski definition) is 0. The standard InChI is InChI=1S/C20H28N2O5/c1-20(2,3)27-19(25)22-12-8-11-16(22)18(24)21(4)13-17(23)26-14-15-9-6-5-7-10-15/h5-7,9-10,16H,8,11-14H2,1-4H3/t16-/m0/s1. The predicted molar refractivity (Wildman–Crippen MR) is 99.8 cm³/mol. The van der Waals surface area contributed by atoms with Crippen LogP contribution in [0.2, 0.25) is 0 Å². The van der Waals surface area contributed by atoms with Gasteiger partial charge in [-0.1, -0.05) is 30.3 Å². The highest BCUT2D eigenvalue weighted by atomic mass is 16.6. The summed E-state index contributed by atoms with van der Waals surface area (Å²) in [6, 6.07) is 8.73. The van der Waals surface area contributed by atoms with E-state index in [1.807, 2.05) is 30.3 Å². The molecule has 1 aromatic carbocycles. The van der Waals surface area contributed by atoms with Crippen LogP contribution in [0.3, 0.4) is 0 Å². The molecule has 2 amide bonds. The van der Waals surface area contributed by atoms with Crippen LogP contribution in [-0.2, 0) is 25.7 Å². The normalized spacial score (nSPS) is 16.7. The van der Waals surface area contributed by atoms with Gasteiger partial charge in [0.1, 0.15) is 24.8 Å². The lowest BCUT2D eigenvalue weighted by atomic mass is 10.2. The van der Waals surface area contributed by atoms with Crippen LogP contribution in [0.25, 0.3) is 0 Å². The molecule has 1 aliphatic heterocycles. The number of amides is 2. The van der Waals surface area contributed by atoms with E-state index in [1.54, 1.807) is 20.8 Å². The third-order valence-corrected chi connectivity index (χ3v) is 4.15. The van der Waals surface area contributed by atoms with Crippen LogP contribution in [0.1, 0.15) is 39.2 Å². The molecule has 1 aromatic rings. The molecule has 0 aromatic heterocycles. The molecule has 0 unspecified atom stereocenters. The van der Waals surface area contributed by atoms with Crippen LogP contribution in [-0.4, -0.2) is 59.5 Å². The van der Waals surface area contributed by atoms with Crippen molar-refractivity contribution in [3.63, 3.8) is 0 Å². The molecular formula is C20H28N2O5. The summed E-state index contributed by atoms with van der Waals surface area (Å²) in [5.41, 5.74) is 0.257. The Kier molecular flexibility index (Phi) is 6.82. The van der Waals surface area contributed by atoms with Crippen molar-refractivity contribution in [3.05, 3.63) is 35.9 Å². The van der Waals surface area contributed by atoms with Crippen LogP contribution < -0.4 is 0 Å². The molecule has 27 heavy (non-hydrogen) atoms. The van der Waals surface area contributed by atoms with Gasteiger partial charge in [0.15, 0.2) is 0 Å². The van der Waals surface area contributed by atoms with Crippen molar-refractivity contribution in [2.24, 2.45) is 0 Å². The minimum atomic E-state index is -0.625. The lowest BCUT2D eigenvalue weighted by molar-refractivity contribution is -0.150. The molecule has 0 radical (unpaired) electrons. The van der Waals surface area contributed by atoms with Crippen molar-refractivity contribution in [1.82, 2.24) is 9.80 Å². The van der Waals surface area contributed by atoms with Gasteiger partial charge in [-0.15, -0.1) is 0 Å². The van der Waals surface area contributed by atoms with E-state index in [4.69, 9.17) is 9.47 Å². The van der Waals surface area contributed by atoms with Gasteiger partial charge in [-0.3, -0.25) is 14.5 Å². The fourth-order valence-corrected chi connectivity index (χ4v) is 2.87. The lowest BCUT2D eigenvalue weighted by Gasteiger charge is -2.30. The average Bonchev–Trinajstić information content (AvgIpc) is 3.08. The molecule has 0 bridgehead atoms. The average molecular weight is 376 g/mol. The summed E-state index contributed by atoms with van der Waals surface area (Å²) in [7, 11) is 1.54. The summed E-state index contributed by atoms with van der Waals surface area (Å²) in [5.74, 6) is -0.772. The molecule has 7 heteroatoms. The molecule has 0 N–H and O–H groups in total. The number of likely N-dealkylation sites (tertiary alicyclic amines) is 1. The maximum absolute atomic E-state index is 12.7. The summed E-state index contributed by atoms with van der Waals surface area (Å²) < 4.78 is 10.6. The van der Waals surface area contributed by atoms with Crippen molar-refractivity contribution >= 4 is 18.0 Å². The first-order valence-electron chi connectivity index (χ1n) is 9.11. The van der Waals surface area contributed by atoms with Crippen molar-refractivity contribution < 1.29 is 23.9 Å². The Hall–Kier alpha value is -2.57. The van der Waals surface area contributed by atoms with Gasteiger partial charge in [0, 0.05) is 13.6 Å². The van der Waals surface area contributed by atoms with Gasteiger partial charge in [0.25, 0.3) is 0 Å². The topological polar surface area (TPSA) is 76.2 Å². The zero-order valence-corrected chi connectivity index (χ0v) is 16.4. The number of ether oxygens (including phenoxy) is 2. The maximum Gasteiger partial charge on any atom is 0.410 e.